The normalized spacial score (nSPS) is 11.0. The first-order chi connectivity index (χ1) is 14.9. The molecule has 8 heteroatoms. The minimum atomic E-state index is -3.90. The second-order valence-corrected chi connectivity index (χ2v) is 9.76. The summed E-state index contributed by atoms with van der Waals surface area (Å²) in [6.45, 7) is 2.46. The number of nitrogens with zero attached hydrogens (tertiary/aromatic N) is 1. The summed E-state index contributed by atoms with van der Waals surface area (Å²) in [6, 6.07) is 22.5. The maximum atomic E-state index is 13.3. The lowest BCUT2D eigenvalue weighted by molar-refractivity contribution is -0.119. The van der Waals surface area contributed by atoms with Gasteiger partial charge in [0.05, 0.1) is 17.2 Å². The SMILES string of the molecule is CCOc1ccc(CNC(=O)CN(c2ccc(I)cc2)S(=O)(=O)c2ccccc2)cc1. The number of sulfonamides is 1. The average Bonchev–Trinajstić information content (AvgIpc) is 2.78. The molecule has 1 N–H and O–H groups in total. The molecule has 0 unspecified atom stereocenters. The van der Waals surface area contributed by atoms with Gasteiger partial charge in [-0.25, -0.2) is 8.42 Å². The summed E-state index contributed by atoms with van der Waals surface area (Å²) >= 11 is 2.15. The molecule has 0 spiro atoms. The van der Waals surface area contributed by atoms with Gasteiger partial charge in [-0.2, -0.15) is 0 Å². The maximum absolute atomic E-state index is 13.3. The Morgan fingerprint density at radius 3 is 2.23 bits per heavy atom. The van der Waals surface area contributed by atoms with Crippen molar-refractivity contribution in [2.75, 3.05) is 17.5 Å². The number of nitrogens with one attached hydrogen (secondary N) is 1. The molecule has 0 aliphatic heterocycles. The van der Waals surface area contributed by atoms with Crippen molar-refractivity contribution in [3.05, 3.63) is 88.0 Å². The van der Waals surface area contributed by atoms with Crippen LogP contribution in [-0.2, 0) is 21.4 Å². The zero-order valence-corrected chi connectivity index (χ0v) is 20.0. The van der Waals surface area contributed by atoms with Crippen LogP contribution in [0.15, 0.2) is 83.8 Å². The summed E-state index contributed by atoms with van der Waals surface area (Å²) in [5, 5.41) is 2.80. The Labute approximate surface area is 196 Å². The first-order valence-electron chi connectivity index (χ1n) is 9.72. The van der Waals surface area contributed by atoms with E-state index < -0.39 is 15.9 Å². The molecule has 1 amide bonds. The highest BCUT2D eigenvalue weighted by molar-refractivity contribution is 14.1. The number of rotatable bonds is 9. The van der Waals surface area contributed by atoms with Crippen LogP contribution in [0, 0.1) is 3.57 Å². The minimum absolute atomic E-state index is 0.132. The van der Waals surface area contributed by atoms with Crippen LogP contribution in [0.5, 0.6) is 5.75 Å². The Hall–Kier alpha value is -2.59. The molecule has 6 nitrogen and oxygen atoms in total. The Morgan fingerprint density at radius 2 is 1.61 bits per heavy atom. The molecule has 0 aliphatic rings. The molecule has 0 aliphatic carbocycles. The molecule has 0 fully saturated rings. The predicted molar refractivity (Wildman–Crippen MR) is 130 cm³/mol. The van der Waals surface area contributed by atoms with Gasteiger partial charge in [-0.1, -0.05) is 30.3 Å². The van der Waals surface area contributed by atoms with Gasteiger partial charge < -0.3 is 10.1 Å². The van der Waals surface area contributed by atoms with Crippen LogP contribution in [0.2, 0.25) is 0 Å². The van der Waals surface area contributed by atoms with Crippen LogP contribution >= 0.6 is 22.6 Å². The van der Waals surface area contributed by atoms with Crippen LogP contribution < -0.4 is 14.4 Å². The minimum Gasteiger partial charge on any atom is -0.494 e. The highest BCUT2D eigenvalue weighted by Gasteiger charge is 2.27. The topological polar surface area (TPSA) is 75.7 Å². The monoisotopic (exact) mass is 550 g/mol. The second-order valence-electron chi connectivity index (χ2n) is 6.65. The molecular formula is C23H23IN2O4S. The van der Waals surface area contributed by atoms with E-state index in [4.69, 9.17) is 4.74 Å². The largest absolute Gasteiger partial charge is 0.494 e. The van der Waals surface area contributed by atoms with E-state index in [0.29, 0.717) is 12.3 Å². The fourth-order valence-corrected chi connectivity index (χ4v) is 4.70. The molecule has 0 heterocycles. The molecule has 3 aromatic carbocycles. The molecule has 0 aromatic heterocycles. The van der Waals surface area contributed by atoms with Crippen molar-refractivity contribution >= 4 is 44.2 Å². The summed E-state index contributed by atoms with van der Waals surface area (Å²) in [4.78, 5) is 12.8. The Morgan fingerprint density at radius 1 is 0.968 bits per heavy atom. The van der Waals surface area contributed by atoms with Gasteiger partial charge >= 0.3 is 0 Å². The van der Waals surface area contributed by atoms with Gasteiger partial charge in [0.15, 0.2) is 0 Å². The standard InChI is InChI=1S/C23H23IN2O4S/c1-2-30-21-14-8-18(9-15-21)16-25-23(27)17-26(20-12-10-19(24)11-13-20)31(28,29)22-6-4-3-5-7-22/h3-15H,2,16-17H2,1H3,(H,25,27). The lowest BCUT2D eigenvalue weighted by Crippen LogP contribution is -2.40. The number of carbonyl (C=O) groups is 1. The number of hydrogen-bond acceptors (Lipinski definition) is 4. The summed E-state index contributed by atoms with van der Waals surface area (Å²) in [6.07, 6.45) is 0. The van der Waals surface area contributed by atoms with E-state index in [2.05, 4.69) is 27.9 Å². The number of amides is 1. The van der Waals surface area contributed by atoms with Crippen molar-refractivity contribution in [3.8, 4) is 5.75 Å². The number of ether oxygens (including phenoxy) is 1. The van der Waals surface area contributed by atoms with E-state index in [-0.39, 0.29) is 18.0 Å². The zero-order valence-electron chi connectivity index (χ0n) is 17.0. The molecule has 0 bridgehead atoms. The highest BCUT2D eigenvalue weighted by atomic mass is 127. The van der Waals surface area contributed by atoms with E-state index in [1.165, 1.54) is 12.1 Å². The number of anilines is 1. The van der Waals surface area contributed by atoms with Crippen molar-refractivity contribution in [2.24, 2.45) is 0 Å². The van der Waals surface area contributed by atoms with Crippen LogP contribution in [0.1, 0.15) is 12.5 Å². The van der Waals surface area contributed by atoms with Gasteiger partial charge in [0.2, 0.25) is 5.91 Å². The number of benzene rings is 3. The van der Waals surface area contributed by atoms with Gasteiger partial charge in [0, 0.05) is 10.1 Å². The Balaban J connectivity index is 1.76. The van der Waals surface area contributed by atoms with Crippen LogP contribution in [-0.4, -0.2) is 27.5 Å². The molecule has 0 saturated carbocycles. The fourth-order valence-electron chi connectivity index (χ4n) is 2.90. The van der Waals surface area contributed by atoms with Crippen molar-refractivity contribution < 1.29 is 17.9 Å². The third kappa shape index (κ3) is 6.20. The van der Waals surface area contributed by atoms with Gasteiger partial charge in [0.25, 0.3) is 10.0 Å². The summed E-state index contributed by atoms with van der Waals surface area (Å²) in [5.41, 5.74) is 1.32. The average molecular weight is 550 g/mol. The zero-order chi connectivity index (χ0) is 22.3. The van der Waals surface area contributed by atoms with Crippen molar-refractivity contribution in [2.45, 2.75) is 18.4 Å². The molecular weight excluding hydrogens is 527 g/mol. The van der Waals surface area contributed by atoms with Crippen molar-refractivity contribution in [1.29, 1.82) is 0 Å². The first-order valence-corrected chi connectivity index (χ1v) is 12.2. The molecule has 0 radical (unpaired) electrons. The summed E-state index contributed by atoms with van der Waals surface area (Å²) in [7, 11) is -3.90. The van der Waals surface area contributed by atoms with Gasteiger partial charge in [-0.15, -0.1) is 0 Å². The van der Waals surface area contributed by atoms with E-state index in [1.807, 2.05) is 31.2 Å². The van der Waals surface area contributed by atoms with Crippen molar-refractivity contribution in [3.63, 3.8) is 0 Å². The van der Waals surface area contributed by atoms with Crippen molar-refractivity contribution in [1.82, 2.24) is 5.32 Å². The fraction of sp³-hybridized carbons (Fsp3) is 0.174. The maximum Gasteiger partial charge on any atom is 0.264 e. The third-order valence-corrected chi connectivity index (χ3v) is 6.96. The van der Waals surface area contributed by atoms with E-state index in [9.17, 15) is 13.2 Å². The van der Waals surface area contributed by atoms with E-state index in [0.717, 1.165) is 19.2 Å². The number of halogens is 1. The first kappa shape index (κ1) is 23.1. The quantitative estimate of drug-likeness (QED) is 0.406. The Kier molecular flexibility index (Phi) is 7.91. The molecule has 3 aromatic rings. The van der Waals surface area contributed by atoms with Crippen LogP contribution in [0.25, 0.3) is 0 Å². The lowest BCUT2D eigenvalue weighted by atomic mass is 10.2. The lowest BCUT2D eigenvalue weighted by Gasteiger charge is -2.24. The molecule has 0 atom stereocenters. The van der Waals surface area contributed by atoms with Gasteiger partial charge in [0.1, 0.15) is 12.3 Å². The predicted octanol–water partition coefficient (Wildman–Crippen LogP) is 4.20. The van der Waals surface area contributed by atoms with Gasteiger partial charge in [-0.05, 0) is 83.6 Å². The molecule has 31 heavy (non-hydrogen) atoms. The second kappa shape index (κ2) is 10.6. The molecule has 162 valence electrons. The number of hydrogen-bond donors (Lipinski definition) is 1. The molecule has 3 rings (SSSR count). The molecule has 0 saturated heterocycles. The third-order valence-electron chi connectivity index (χ3n) is 4.46. The van der Waals surface area contributed by atoms with E-state index >= 15 is 0 Å². The number of carbonyl (C=O) groups excluding carboxylic acids is 1. The Bertz CT molecular complexity index is 1100. The summed E-state index contributed by atoms with van der Waals surface area (Å²) < 4.78 is 34.0. The van der Waals surface area contributed by atoms with Crippen LogP contribution in [0.4, 0.5) is 5.69 Å². The van der Waals surface area contributed by atoms with Gasteiger partial charge in [-0.3, -0.25) is 9.10 Å². The van der Waals surface area contributed by atoms with Crippen LogP contribution in [0.3, 0.4) is 0 Å². The summed E-state index contributed by atoms with van der Waals surface area (Å²) in [5.74, 6) is 0.364. The smallest absolute Gasteiger partial charge is 0.264 e. The highest BCUT2D eigenvalue weighted by Crippen LogP contribution is 2.24. The van der Waals surface area contributed by atoms with E-state index in [1.54, 1.807) is 42.5 Å².